The monoisotopic (exact) mass is 381 g/mol. The van der Waals surface area contributed by atoms with E-state index in [1.165, 1.54) is 0 Å². The van der Waals surface area contributed by atoms with E-state index in [9.17, 15) is 0 Å². The van der Waals surface area contributed by atoms with Gasteiger partial charge in [-0.1, -0.05) is 6.07 Å². The number of hydrogen-bond donors (Lipinski definition) is 0. The number of pyridine rings is 2. The molecule has 4 heterocycles. The summed E-state index contributed by atoms with van der Waals surface area (Å²) in [5.41, 5.74) is 0.274. The van der Waals surface area contributed by atoms with Crippen LogP contribution in [0.2, 0.25) is 0 Å². The maximum absolute atomic E-state index is 6.11. The molecule has 0 atom stereocenters. The Kier molecular flexibility index (Phi) is 5.06. The number of ether oxygens (including phenoxy) is 1. The highest BCUT2D eigenvalue weighted by atomic mass is 16.7. The van der Waals surface area contributed by atoms with Gasteiger partial charge in [0, 0.05) is 43.8 Å². The summed E-state index contributed by atoms with van der Waals surface area (Å²) < 4.78 is 18.2. The summed E-state index contributed by atoms with van der Waals surface area (Å²) in [5, 5.41) is 0. The van der Waals surface area contributed by atoms with E-state index < -0.39 is 0 Å². The molecule has 4 rings (SSSR count). The second kappa shape index (κ2) is 7.37. The Bertz CT molecular complexity index is 774. The number of aromatic nitrogens is 2. The number of anilines is 1. The van der Waals surface area contributed by atoms with Crippen molar-refractivity contribution in [1.82, 2.24) is 9.97 Å². The fourth-order valence-electron chi connectivity index (χ4n) is 3.52. The molecule has 2 aliphatic heterocycles. The second-order valence-corrected chi connectivity index (χ2v) is 8.53. The maximum Gasteiger partial charge on any atom is 0.496 e. The van der Waals surface area contributed by atoms with Crippen LogP contribution in [0.15, 0.2) is 42.9 Å². The van der Waals surface area contributed by atoms with Gasteiger partial charge in [-0.05, 0) is 45.9 Å². The van der Waals surface area contributed by atoms with Crippen LogP contribution in [0.4, 0.5) is 5.82 Å². The Morgan fingerprint density at radius 3 is 2.32 bits per heavy atom. The molecule has 0 aromatic carbocycles. The number of nitrogens with zero attached hydrogens (tertiary/aromatic N) is 3. The van der Waals surface area contributed by atoms with Gasteiger partial charge in [0.1, 0.15) is 17.7 Å². The zero-order valence-corrected chi connectivity index (χ0v) is 17.1. The van der Waals surface area contributed by atoms with E-state index in [1.54, 1.807) is 12.4 Å². The fourth-order valence-corrected chi connectivity index (χ4v) is 3.52. The zero-order chi connectivity index (χ0) is 19.8. The molecule has 7 heteroatoms. The standard InChI is InChI=1S/C21H28BN3O3/c1-20(2)21(3,4)28-22(27-20)16-7-8-19(24-14-16)25-12-9-17(10-13-25)26-18-6-5-11-23-15-18/h5-8,11,14-15,17H,9-10,12-13H2,1-4H3. The quantitative estimate of drug-likeness (QED) is 0.760. The highest BCUT2D eigenvalue weighted by Gasteiger charge is 2.51. The largest absolute Gasteiger partial charge is 0.496 e. The first-order valence-corrected chi connectivity index (χ1v) is 9.97. The molecule has 0 saturated carbocycles. The van der Waals surface area contributed by atoms with Crippen LogP contribution in [0, 0.1) is 0 Å². The van der Waals surface area contributed by atoms with Crippen molar-refractivity contribution in [3.8, 4) is 5.75 Å². The van der Waals surface area contributed by atoms with Gasteiger partial charge in [0.05, 0.1) is 17.4 Å². The van der Waals surface area contributed by atoms with Gasteiger partial charge in [0.15, 0.2) is 0 Å². The van der Waals surface area contributed by atoms with Gasteiger partial charge in [0.2, 0.25) is 0 Å². The molecule has 6 nitrogen and oxygen atoms in total. The van der Waals surface area contributed by atoms with Crippen LogP contribution < -0.4 is 15.1 Å². The topological polar surface area (TPSA) is 56.7 Å². The minimum atomic E-state index is -0.370. The van der Waals surface area contributed by atoms with Crippen LogP contribution in [0.1, 0.15) is 40.5 Å². The molecule has 2 aromatic rings. The van der Waals surface area contributed by atoms with Gasteiger partial charge in [-0.3, -0.25) is 4.98 Å². The Balaban J connectivity index is 1.34. The molecule has 148 valence electrons. The summed E-state index contributed by atoms with van der Waals surface area (Å²) in [6.07, 6.45) is 7.56. The van der Waals surface area contributed by atoms with Crippen LogP contribution in [0.3, 0.4) is 0 Å². The van der Waals surface area contributed by atoms with Gasteiger partial charge in [-0.25, -0.2) is 4.98 Å². The van der Waals surface area contributed by atoms with Crippen molar-refractivity contribution >= 4 is 18.4 Å². The number of piperidine rings is 1. The fraction of sp³-hybridized carbons (Fsp3) is 0.524. The first-order valence-electron chi connectivity index (χ1n) is 9.97. The molecular weight excluding hydrogens is 353 g/mol. The average molecular weight is 381 g/mol. The molecule has 0 radical (unpaired) electrons. The minimum Gasteiger partial charge on any atom is -0.489 e. The third-order valence-electron chi connectivity index (χ3n) is 6.00. The van der Waals surface area contributed by atoms with Crippen LogP contribution >= 0.6 is 0 Å². The predicted octanol–water partition coefficient (Wildman–Crippen LogP) is 2.82. The first-order chi connectivity index (χ1) is 13.3. The van der Waals surface area contributed by atoms with Gasteiger partial charge >= 0.3 is 7.12 Å². The highest BCUT2D eigenvalue weighted by molar-refractivity contribution is 6.62. The summed E-state index contributed by atoms with van der Waals surface area (Å²) in [5.74, 6) is 1.82. The van der Waals surface area contributed by atoms with E-state index in [2.05, 4.69) is 54.7 Å². The van der Waals surface area contributed by atoms with E-state index in [0.717, 1.165) is 43.0 Å². The first kappa shape index (κ1) is 19.2. The Morgan fingerprint density at radius 1 is 1.04 bits per heavy atom. The number of rotatable bonds is 4. The van der Waals surface area contributed by atoms with E-state index in [4.69, 9.17) is 14.0 Å². The summed E-state index contributed by atoms with van der Waals surface area (Å²) in [6, 6.07) is 7.97. The van der Waals surface area contributed by atoms with Crippen molar-refractivity contribution in [3.05, 3.63) is 42.9 Å². The smallest absolute Gasteiger partial charge is 0.489 e. The van der Waals surface area contributed by atoms with Crippen LogP contribution in [-0.4, -0.2) is 47.5 Å². The van der Waals surface area contributed by atoms with E-state index >= 15 is 0 Å². The summed E-state index contributed by atoms with van der Waals surface area (Å²) in [7, 11) is -0.370. The SMILES string of the molecule is CC1(C)OB(c2ccc(N3CCC(Oc4cccnc4)CC3)nc2)OC1(C)C. The van der Waals surface area contributed by atoms with Gasteiger partial charge in [0.25, 0.3) is 0 Å². The second-order valence-electron chi connectivity index (χ2n) is 8.53. The normalized spacial score (nSPS) is 21.7. The molecular formula is C21H28BN3O3. The predicted molar refractivity (Wildman–Crippen MR) is 110 cm³/mol. The lowest BCUT2D eigenvalue weighted by Crippen LogP contribution is -2.41. The van der Waals surface area contributed by atoms with Crippen molar-refractivity contribution in [2.24, 2.45) is 0 Å². The third kappa shape index (κ3) is 3.87. The molecule has 2 saturated heterocycles. The lowest BCUT2D eigenvalue weighted by Gasteiger charge is -2.33. The zero-order valence-electron chi connectivity index (χ0n) is 17.1. The van der Waals surface area contributed by atoms with Crippen molar-refractivity contribution in [1.29, 1.82) is 0 Å². The molecule has 0 N–H and O–H groups in total. The Labute approximate surface area is 167 Å². The molecule has 2 aromatic heterocycles. The lowest BCUT2D eigenvalue weighted by atomic mass is 9.80. The lowest BCUT2D eigenvalue weighted by molar-refractivity contribution is 0.00578. The average Bonchev–Trinajstić information content (AvgIpc) is 2.91. The molecule has 2 aliphatic rings. The van der Waals surface area contributed by atoms with Crippen molar-refractivity contribution in [3.63, 3.8) is 0 Å². The van der Waals surface area contributed by atoms with Crippen LogP contribution in [0.5, 0.6) is 5.75 Å². The Hall–Kier alpha value is -2.12. The molecule has 0 amide bonds. The van der Waals surface area contributed by atoms with E-state index in [-0.39, 0.29) is 24.4 Å². The Morgan fingerprint density at radius 2 is 1.75 bits per heavy atom. The van der Waals surface area contributed by atoms with Gasteiger partial charge in [-0.2, -0.15) is 0 Å². The summed E-state index contributed by atoms with van der Waals surface area (Å²) in [6.45, 7) is 10.1. The molecule has 0 spiro atoms. The van der Waals surface area contributed by atoms with Crippen LogP contribution in [0.25, 0.3) is 0 Å². The van der Waals surface area contributed by atoms with Crippen molar-refractivity contribution in [2.45, 2.75) is 57.8 Å². The van der Waals surface area contributed by atoms with Crippen molar-refractivity contribution in [2.75, 3.05) is 18.0 Å². The summed E-state index contributed by atoms with van der Waals surface area (Å²) >= 11 is 0. The van der Waals surface area contributed by atoms with E-state index in [0.29, 0.717) is 0 Å². The molecule has 0 aliphatic carbocycles. The minimum absolute atomic E-state index is 0.226. The maximum atomic E-state index is 6.11. The molecule has 0 unspecified atom stereocenters. The highest BCUT2D eigenvalue weighted by Crippen LogP contribution is 2.36. The van der Waals surface area contributed by atoms with E-state index in [1.807, 2.05) is 18.3 Å². The molecule has 28 heavy (non-hydrogen) atoms. The molecule has 0 bridgehead atoms. The van der Waals surface area contributed by atoms with Crippen molar-refractivity contribution < 1.29 is 14.0 Å². The van der Waals surface area contributed by atoms with Gasteiger partial charge in [-0.15, -0.1) is 0 Å². The third-order valence-corrected chi connectivity index (χ3v) is 6.00. The van der Waals surface area contributed by atoms with Gasteiger partial charge < -0.3 is 18.9 Å². The number of hydrogen-bond acceptors (Lipinski definition) is 6. The van der Waals surface area contributed by atoms with Crippen LogP contribution in [-0.2, 0) is 9.31 Å². The summed E-state index contributed by atoms with van der Waals surface area (Å²) in [4.78, 5) is 11.1. The molecule has 2 fully saturated rings.